The Kier molecular flexibility index (Phi) is 67.4. The van der Waals surface area contributed by atoms with Crippen molar-refractivity contribution in [3.05, 3.63) is 102 Å². The summed E-state index contributed by atoms with van der Waals surface area (Å²) in [7, 11) is 8.49. The van der Waals surface area contributed by atoms with Crippen LogP contribution in [-0.2, 0) is 106 Å². The van der Waals surface area contributed by atoms with Gasteiger partial charge in [0, 0.05) is 131 Å². The van der Waals surface area contributed by atoms with Crippen LogP contribution in [0.15, 0.2) is 34.9 Å². The Hall–Kier alpha value is -3.62. The zero-order valence-electron chi connectivity index (χ0n) is 68.3. The smallest absolute Gasteiger partial charge is 0.129 e. The second-order valence-electron chi connectivity index (χ2n) is 28.4. The zero-order chi connectivity index (χ0) is 76.3. The summed E-state index contributed by atoms with van der Waals surface area (Å²) in [5.41, 5.74) is 13.5. The summed E-state index contributed by atoms with van der Waals surface area (Å²) in [6.07, 6.45) is 46.2. The Balaban J connectivity index is 0. The molecule has 0 heterocycles. The first-order valence-electron chi connectivity index (χ1n) is 39.8. The van der Waals surface area contributed by atoms with E-state index in [0.29, 0.717) is 120 Å². The molecule has 16 nitrogen and oxygen atoms in total. The Morgan fingerprint density at radius 3 is 0.667 bits per heavy atom. The van der Waals surface area contributed by atoms with E-state index in [-0.39, 0.29) is 79.8 Å². The van der Waals surface area contributed by atoms with E-state index in [0.717, 1.165) is 137 Å². The van der Waals surface area contributed by atoms with Gasteiger partial charge >= 0.3 is 0 Å². The van der Waals surface area contributed by atoms with Crippen LogP contribution in [-0.4, -0.2) is 124 Å². The molecule has 7 N–H and O–H groups in total. The largest absolute Gasteiger partial charge is 0.496 e. The maximum absolute atomic E-state index is 10.4. The molecule has 605 valence electrons. The molecule has 1 radical (unpaired) electrons. The number of hydrogen-bond donors (Lipinski definition) is 7. The van der Waals surface area contributed by atoms with Gasteiger partial charge in [0.1, 0.15) is 34.5 Å². The van der Waals surface area contributed by atoms with Gasteiger partial charge in [-0.3, -0.25) is 0 Å². The van der Waals surface area contributed by atoms with E-state index < -0.39 is 0 Å². The summed E-state index contributed by atoms with van der Waals surface area (Å²) in [6.45, 7) is 22.7. The number of unbranched alkanes of at least 4 members (excludes halogenated alkanes) is 28. The van der Waals surface area contributed by atoms with Crippen molar-refractivity contribution in [1.82, 2.24) is 0 Å². The van der Waals surface area contributed by atoms with Crippen molar-refractivity contribution in [2.24, 2.45) is 0 Å². The van der Waals surface area contributed by atoms with Crippen molar-refractivity contribution in [3.8, 4) is 34.5 Å². The minimum Gasteiger partial charge on any atom is -0.496 e. The average molecular weight is 1560 g/mol. The monoisotopic (exact) mass is 1560 g/mol. The molecule has 0 saturated heterocycles. The fourth-order valence-electron chi connectivity index (χ4n) is 13.1. The van der Waals surface area contributed by atoms with Crippen LogP contribution in [0.25, 0.3) is 0 Å². The summed E-state index contributed by atoms with van der Waals surface area (Å²) >= 11 is 0. The third-order valence-electron chi connectivity index (χ3n) is 19.2. The molecule has 0 saturated carbocycles. The first kappa shape index (κ1) is 103. The minimum absolute atomic E-state index is 0. The fourth-order valence-corrected chi connectivity index (χ4v) is 13.1. The predicted octanol–water partition coefficient (Wildman–Crippen LogP) is 20.0. The van der Waals surface area contributed by atoms with Crippen LogP contribution < -0.4 is 28.4 Å². The molecule has 3 rings (SSSR count). The topological polar surface area (TPSA) is 225 Å². The van der Waals surface area contributed by atoms with Gasteiger partial charge < -0.3 is 78.4 Å². The summed E-state index contributed by atoms with van der Waals surface area (Å²) < 4.78 is 51.5. The SMILES string of the molecule is C.COCCCCCCCCCCOc1c(C)c(CC=C(C)C)c(OC)c(CO)c1CO.COCCCCCCCCCCOc1c(C)c(CC=C(C)C)c(OCCCCCCCCCCO)c(CO)c1CO.COCCCCCCCCCCOc1c(CC=C(C)C)c(C)c(OC)c(CO)c1CO.[Y]. The molecule has 0 aromatic heterocycles. The van der Waals surface area contributed by atoms with E-state index in [4.69, 9.17) is 47.7 Å². The number of aliphatic hydroxyl groups is 7. The van der Waals surface area contributed by atoms with Crippen molar-refractivity contribution in [2.75, 3.05) is 88.4 Å². The molecule has 0 aliphatic rings. The molecule has 3 aromatic carbocycles. The molecule has 0 atom stereocenters. The number of aliphatic hydroxyl groups excluding tert-OH is 7. The number of allylic oxidation sites excluding steroid dienone is 6. The summed E-state index contributed by atoms with van der Waals surface area (Å²) in [6, 6.07) is 0. The van der Waals surface area contributed by atoms with Gasteiger partial charge in [-0.1, -0.05) is 196 Å². The van der Waals surface area contributed by atoms with Crippen molar-refractivity contribution < 1.29 is 111 Å². The average Bonchev–Trinajstić information content (AvgIpc) is 0.796. The standard InChI is InChI=1S/C35H62O6.2C26H44O5.CH4.Y/c1-29(2)21-22-31-30(3)34(40-25-19-15-12-8-7-10-14-18-24-39-4)32(27-37)33(28-38)35(31)41-26-20-16-11-6-5-9-13-17-23-36;1-20(2)14-15-22-21(3)25(23(18-27)24(19-28)26(22)30-5)31-17-13-11-9-7-6-8-10-12-16-29-4;1-20(2)14-15-22-21(3)25(30-5)23(18-27)24(19-28)26(22)31-17-13-11-9-7-6-8-10-12-16-29-4;;/h21,36-38H,5-20,22-28H2,1-4H3;2*14,27-28H,6-13,15-19H2,1-5H3;1H4;. The van der Waals surface area contributed by atoms with E-state index in [1.807, 2.05) is 13.8 Å². The Bertz CT molecular complexity index is 2730. The Morgan fingerprint density at radius 2 is 0.438 bits per heavy atom. The molecule has 17 heteroatoms. The number of rotatable bonds is 61. The number of benzene rings is 3. The van der Waals surface area contributed by atoms with E-state index in [1.165, 1.54) is 139 Å². The molecule has 0 spiro atoms. The zero-order valence-corrected chi connectivity index (χ0v) is 71.1. The first-order valence-corrected chi connectivity index (χ1v) is 39.8. The molecular formula is C88H154O16Y. The third kappa shape index (κ3) is 43.0. The molecule has 0 amide bonds. The molecule has 105 heavy (non-hydrogen) atoms. The third-order valence-corrected chi connectivity index (χ3v) is 19.2. The van der Waals surface area contributed by atoms with Crippen molar-refractivity contribution in [1.29, 1.82) is 0 Å². The van der Waals surface area contributed by atoms with Gasteiger partial charge in [-0.15, -0.1) is 0 Å². The first-order chi connectivity index (χ1) is 50.0. The number of methoxy groups -OCH3 is 5. The second-order valence-corrected chi connectivity index (χ2v) is 28.4. The van der Waals surface area contributed by atoms with Gasteiger partial charge in [-0.05, 0) is 150 Å². The van der Waals surface area contributed by atoms with Crippen LogP contribution in [0.2, 0.25) is 0 Å². The van der Waals surface area contributed by atoms with E-state index in [2.05, 4.69) is 66.7 Å². The van der Waals surface area contributed by atoms with E-state index in [9.17, 15) is 30.6 Å². The molecule has 0 fully saturated rings. The normalized spacial score (nSPS) is 10.8. The maximum atomic E-state index is 10.4. The maximum Gasteiger partial charge on any atom is 0.129 e. The van der Waals surface area contributed by atoms with Crippen LogP contribution in [0.4, 0.5) is 0 Å². The Morgan fingerprint density at radius 1 is 0.248 bits per heavy atom. The molecule has 0 unspecified atom stereocenters. The summed E-state index contributed by atoms with van der Waals surface area (Å²) in [5.74, 6) is 4.12. The second kappa shape index (κ2) is 68.4. The fraction of sp³-hybridized carbons (Fsp3) is 0.727. The molecule has 0 aliphatic heterocycles. The van der Waals surface area contributed by atoms with Crippen LogP contribution in [0, 0.1) is 20.8 Å². The number of ether oxygens (including phenoxy) is 9. The molecule has 3 aromatic rings. The molecular weight excluding hydrogens is 1400 g/mol. The van der Waals surface area contributed by atoms with Crippen molar-refractivity contribution >= 4 is 0 Å². The van der Waals surface area contributed by atoms with Crippen LogP contribution in [0.5, 0.6) is 34.5 Å². The Labute approximate surface area is 665 Å². The van der Waals surface area contributed by atoms with Crippen molar-refractivity contribution in [2.45, 2.75) is 334 Å². The van der Waals surface area contributed by atoms with E-state index in [1.54, 1.807) is 35.5 Å². The van der Waals surface area contributed by atoms with Crippen LogP contribution in [0.3, 0.4) is 0 Å². The molecule has 0 bridgehead atoms. The molecule has 0 aliphatic carbocycles. The van der Waals surface area contributed by atoms with Gasteiger partial charge in [-0.2, -0.15) is 0 Å². The minimum atomic E-state index is -0.193. The van der Waals surface area contributed by atoms with Gasteiger partial charge in [0.15, 0.2) is 0 Å². The van der Waals surface area contributed by atoms with E-state index >= 15 is 0 Å². The van der Waals surface area contributed by atoms with Gasteiger partial charge in [0.25, 0.3) is 0 Å². The summed E-state index contributed by atoms with van der Waals surface area (Å²) in [5, 5.41) is 69.5. The predicted molar refractivity (Wildman–Crippen MR) is 431 cm³/mol. The van der Waals surface area contributed by atoms with Gasteiger partial charge in [0.05, 0.1) is 80.3 Å². The summed E-state index contributed by atoms with van der Waals surface area (Å²) in [4.78, 5) is 0. The van der Waals surface area contributed by atoms with Gasteiger partial charge in [0.2, 0.25) is 0 Å². The van der Waals surface area contributed by atoms with Crippen LogP contribution in [0.1, 0.15) is 321 Å². The quantitative estimate of drug-likeness (QED) is 0.0206. The number of hydrogen-bond acceptors (Lipinski definition) is 16. The van der Waals surface area contributed by atoms with Crippen molar-refractivity contribution in [3.63, 3.8) is 0 Å². The van der Waals surface area contributed by atoms with Crippen LogP contribution >= 0.6 is 0 Å². The van der Waals surface area contributed by atoms with Gasteiger partial charge in [-0.25, -0.2) is 0 Å².